The average Bonchev–Trinajstić information content (AvgIpc) is 3.42. The van der Waals surface area contributed by atoms with Crippen molar-refractivity contribution in [3.63, 3.8) is 0 Å². The summed E-state index contributed by atoms with van der Waals surface area (Å²) in [5.41, 5.74) is 2.15. The zero-order valence-corrected chi connectivity index (χ0v) is 20.0. The molecule has 0 bridgehead atoms. The van der Waals surface area contributed by atoms with E-state index in [1.165, 1.54) is 25.0 Å². The summed E-state index contributed by atoms with van der Waals surface area (Å²) in [5.74, 6) is 1.16. The minimum absolute atomic E-state index is 0.224. The molecule has 7 nitrogen and oxygen atoms in total. The third kappa shape index (κ3) is 4.08. The van der Waals surface area contributed by atoms with Crippen molar-refractivity contribution >= 4 is 44.3 Å². The molecule has 5 rings (SSSR count). The molecular weight excluding hydrogens is 470 g/mol. The number of carbonyl (C=O) groups is 1. The predicted octanol–water partition coefficient (Wildman–Crippen LogP) is 4.81. The van der Waals surface area contributed by atoms with Gasteiger partial charge < -0.3 is 14.2 Å². The van der Waals surface area contributed by atoms with Crippen molar-refractivity contribution in [1.82, 2.24) is 14.8 Å². The zero-order valence-electron chi connectivity index (χ0n) is 18.4. The van der Waals surface area contributed by atoms with Crippen LogP contribution in [-0.2, 0) is 4.79 Å². The average molecular weight is 498 g/mol. The van der Waals surface area contributed by atoms with Gasteiger partial charge in [0, 0.05) is 43.2 Å². The fourth-order valence-electron chi connectivity index (χ4n) is 5.64. The molecule has 4 heterocycles. The number of rotatable bonds is 2. The highest BCUT2D eigenvalue weighted by Crippen LogP contribution is 2.42. The first-order chi connectivity index (χ1) is 15.5. The topological polar surface area (TPSA) is 85.7 Å². The number of aliphatic imine (C=N–C) groups is 1. The van der Waals surface area contributed by atoms with Gasteiger partial charge >= 0.3 is 0 Å². The number of likely N-dealkylation sites (tertiary alicyclic amines) is 2. The van der Waals surface area contributed by atoms with Crippen molar-refractivity contribution in [1.29, 1.82) is 5.26 Å². The van der Waals surface area contributed by atoms with Crippen LogP contribution in [0.5, 0.6) is 0 Å². The largest absolute Gasteiger partial charge is 0.444 e. The van der Waals surface area contributed by atoms with Crippen molar-refractivity contribution < 1.29 is 9.21 Å². The van der Waals surface area contributed by atoms with Gasteiger partial charge in [-0.05, 0) is 79.4 Å². The SMILES string of the molecule is CC(=O)N1CCC2(CCN(C3CCC(=Nc4ncc5oc(C#N)cc5c4Br)CC3)CC2)C1. The Balaban J connectivity index is 1.19. The Hall–Kier alpha value is -2.24. The molecule has 0 aromatic carbocycles. The van der Waals surface area contributed by atoms with Crippen molar-refractivity contribution in [2.75, 3.05) is 26.2 Å². The molecule has 1 amide bonds. The summed E-state index contributed by atoms with van der Waals surface area (Å²) in [5, 5.41) is 9.89. The third-order valence-electron chi connectivity index (χ3n) is 7.66. The van der Waals surface area contributed by atoms with Crippen molar-refractivity contribution in [2.24, 2.45) is 10.4 Å². The van der Waals surface area contributed by atoms with Gasteiger partial charge in [0.05, 0.1) is 10.7 Å². The van der Waals surface area contributed by atoms with Crippen molar-refractivity contribution in [3.05, 3.63) is 22.5 Å². The molecule has 1 saturated carbocycles. The van der Waals surface area contributed by atoms with Gasteiger partial charge in [0.15, 0.2) is 11.4 Å². The molecule has 2 aromatic rings. The molecule has 0 unspecified atom stereocenters. The standard InChI is InChI=1S/C24H28BrN5O2/c1-16(31)30-11-8-24(15-30)6-9-29(10-7-24)18-4-2-17(3-5-18)28-23-22(25)20-12-19(13-26)32-21(20)14-27-23/h12,14,18H,2-11,15H2,1H3. The maximum atomic E-state index is 11.7. The second-order valence-corrected chi connectivity index (χ2v) is 10.3. The molecule has 8 heteroatoms. The van der Waals surface area contributed by atoms with Gasteiger partial charge in [-0.25, -0.2) is 9.98 Å². The maximum absolute atomic E-state index is 11.7. The van der Waals surface area contributed by atoms with Crippen LogP contribution in [0.1, 0.15) is 57.6 Å². The zero-order chi connectivity index (χ0) is 22.3. The molecule has 3 fully saturated rings. The Bertz CT molecular complexity index is 1100. The van der Waals surface area contributed by atoms with E-state index in [1.807, 2.05) is 11.0 Å². The number of aromatic nitrogens is 1. The maximum Gasteiger partial charge on any atom is 0.219 e. The fraction of sp³-hybridized carbons (Fsp3) is 0.583. The summed E-state index contributed by atoms with van der Waals surface area (Å²) < 4.78 is 6.23. The molecule has 2 saturated heterocycles. The molecule has 0 atom stereocenters. The third-order valence-corrected chi connectivity index (χ3v) is 8.44. The van der Waals surface area contributed by atoms with E-state index >= 15 is 0 Å². The molecule has 3 aliphatic rings. The summed E-state index contributed by atoms with van der Waals surface area (Å²) in [6.07, 6.45) is 9.48. The number of fused-ring (bicyclic) bond motifs is 1. The fourth-order valence-corrected chi connectivity index (χ4v) is 6.14. The summed E-state index contributed by atoms with van der Waals surface area (Å²) >= 11 is 3.60. The molecule has 32 heavy (non-hydrogen) atoms. The van der Waals surface area contributed by atoms with Crippen molar-refractivity contribution in [2.45, 2.75) is 57.9 Å². The summed E-state index contributed by atoms with van der Waals surface area (Å²) in [6, 6.07) is 4.38. The number of furan rings is 1. The highest BCUT2D eigenvalue weighted by atomic mass is 79.9. The van der Waals surface area contributed by atoms with E-state index in [0.29, 0.717) is 22.9 Å². The van der Waals surface area contributed by atoms with E-state index in [2.05, 4.69) is 25.8 Å². The lowest BCUT2D eigenvalue weighted by Gasteiger charge is -2.43. The van der Waals surface area contributed by atoms with E-state index in [4.69, 9.17) is 14.7 Å². The predicted molar refractivity (Wildman–Crippen MR) is 126 cm³/mol. The first kappa shape index (κ1) is 21.6. The van der Waals surface area contributed by atoms with Crippen LogP contribution in [0.25, 0.3) is 11.0 Å². The van der Waals surface area contributed by atoms with Crippen LogP contribution in [0.3, 0.4) is 0 Å². The minimum atomic E-state index is 0.224. The van der Waals surface area contributed by atoms with Crippen LogP contribution in [0.15, 0.2) is 26.1 Å². The number of hydrogen-bond donors (Lipinski definition) is 0. The molecule has 0 radical (unpaired) electrons. The lowest BCUT2D eigenvalue weighted by molar-refractivity contribution is -0.128. The van der Waals surface area contributed by atoms with Crippen LogP contribution in [0, 0.1) is 16.7 Å². The molecule has 1 aliphatic carbocycles. The number of carbonyl (C=O) groups excluding carboxylic acids is 1. The van der Waals surface area contributed by atoms with Gasteiger partial charge in [-0.1, -0.05) is 0 Å². The number of nitrogens with zero attached hydrogens (tertiary/aromatic N) is 5. The van der Waals surface area contributed by atoms with Crippen LogP contribution in [0.2, 0.25) is 0 Å². The first-order valence-corrected chi connectivity index (χ1v) is 12.3. The molecule has 1 spiro atoms. The Morgan fingerprint density at radius 2 is 2.00 bits per heavy atom. The molecule has 2 aromatic heterocycles. The summed E-state index contributed by atoms with van der Waals surface area (Å²) in [4.78, 5) is 25.7. The van der Waals surface area contributed by atoms with E-state index in [-0.39, 0.29) is 11.7 Å². The summed E-state index contributed by atoms with van der Waals surface area (Å²) in [7, 11) is 0. The van der Waals surface area contributed by atoms with Crippen LogP contribution in [-0.4, -0.2) is 58.6 Å². The highest BCUT2D eigenvalue weighted by Gasteiger charge is 2.42. The van der Waals surface area contributed by atoms with Gasteiger partial charge in [0.2, 0.25) is 11.7 Å². The molecule has 168 valence electrons. The van der Waals surface area contributed by atoms with Crippen LogP contribution < -0.4 is 0 Å². The molecule has 2 aliphatic heterocycles. The normalized spacial score (nSPS) is 23.6. The number of piperidine rings is 1. The van der Waals surface area contributed by atoms with Crippen molar-refractivity contribution in [3.8, 4) is 6.07 Å². The van der Waals surface area contributed by atoms with Crippen LogP contribution in [0.4, 0.5) is 5.82 Å². The number of amides is 1. The van der Waals surface area contributed by atoms with Gasteiger partial charge in [0.25, 0.3) is 0 Å². The van der Waals surface area contributed by atoms with Gasteiger partial charge in [-0.2, -0.15) is 5.26 Å². The molecular formula is C24H28BrN5O2. The summed E-state index contributed by atoms with van der Waals surface area (Å²) in [6.45, 7) is 5.88. The van der Waals surface area contributed by atoms with E-state index < -0.39 is 0 Å². The number of pyridine rings is 1. The second kappa shape index (κ2) is 8.60. The Morgan fingerprint density at radius 1 is 1.28 bits per heavy atom. The second-order valence-electron chi connectivity index (χ2n) is 9.53. The number of hydrogen-bond acceptors (Lipinski definition) is 6. The monoisotopic (exact) mass is 497 g/mol. The highest BCUT2D eigenvalue weighted by molar-refractivity contribution is 9.10. The van der Waals surface area contributed by atoms with Gasteiger partial charge in [-0.3, -0.25) is 4.79 Å². The smallest absolute Gasteiger partial charge is 0.219 e. The van der Waals surface area contributed by atoms with E-state index in [9.17, 15) is 4.79 Å². The first-order valence-electron chi connectivity index (χ1n) is 11.5. The van der Waals surface area contributed by atoms with Gasteiger partial charge in [0.1, 0.15) is 6.07 Å². The van der Waals surface area contributed by atoms with E-state index in [1.54, 1.807) is 19.2 Å². The van der Waals surface area contributed by atoms with E-state index in [0.717, 1.165) is 61.7 Å². The lowest BCUT2D eigenvalue weighted by Crippen LogP contribution is -2.47. The Labute approximate surface area is 196 Å². The van der Waals surface area contributed by atoms with Gasteiger partial charge in [-0.15, -0.1) is 0 Å². The van der Waals surface area contributed by atoms with Crippen LogP contribution >= 0.6 is 15.9 Å². The molecule has 0 N–H and O–H groups in total. The quantitative estimate of drug-likeness (QED) is 0.593. The Morgan fingerprint density at radius 3 is 2.66 bits per heavy atom. The minimum Gasteiger partial charge on any atom is -0.444 e. The number of halogens is 1. The lowest BCUT2D eigenvalue weighted by atomic mass is 9.77. The Kier molecular flexibility index (Phi) is 5.81. The number of nitriles is 1.